The van der Waals surface area contributed by atoms with E-state index in [-0.39, 0.29) is 36.6 Å². The smallest absolute Gasteiger partial charge is 0.325 e. The van der Waals surface area contributed by atoms with Crippen LogP contribution in [0.2, 0.25) is 0 Å². The summed E-state index contributed by atoms with van der Waals surface area (Å²) < 4.78 is 13.4. The Morgan fingerprint density at radius 1 is 1.10 bits per heavy atom. The molecule has 2 aromatic rings. The zero-order valence-corrected chi connectivity index (χ0v) is 17.8. The monoisotopic (exact) mass is 423 g/mol. The molecule has 162 valence electrons. The number of amides is 4. The van der Waals surface area contributed by atoms with Crippen LogP contribution in [-0.2, 0) is 22.6 Å². The zero-order valence-electron chi connectivity index (χ0n) is 17.8. The zero-order chi connectivity index (χ0) is 22.2. The molecule has 0 saturated carbocycles. The van der Waals surface area contributed by atoms with Crippen molar-refractivity contribution in [2.45, 2.75) is 45.2 Å². The third-order valence-electron chi connectivity index (χ3n) is 6.29. The molecule has 1 N–H and O–H groups in total. The maximum atomic E-state index is 13.4. The van der Waals surface area contributed by atoms with Gasteiger partial charge in [0, 0.05) is 13.1 Å². The topological polar surface area (TPSA) is 69.7 Å². The molecule has 2 heterocycles. The molecule has 4 rings (SSSR count). The van der Waals surface area contributed by atoms with E-state index in [1.807, 2.05) is 32.0 Å². The van der Waals surface area contributed by atoms with Gasteiger partial charge in [0.25, 0.3) is 5.91 Å². The van der Waals surface area contributed by atoms with Crippen molar-refractivity contribution in [1.82, 2.24) is 15.1 Å². The summed E-state index contributed by atoms with van der Waals surface area (Å²) in [7, 11) is 0. The van der Waals surface area contributed by atoms with Gasteiger partial charge in [0.1, 0.15) is 11.4 Å². The van der Waals surface area contributed by atoms with Crippen LogP contribution >= 0.6 is 0 Å². The third kappa shape index (κ3) is 4.17. The lowest BCUT2D eigenvalue weighted by Gasteiger charge is -2.37. The lowest BCUT2D eigenvalue weighted by Crippen LogP contribution is -2.56. The fourth-order valence-corrected chi connectivity index (χ4v) is 4.37. The van der Waals surface area contributed by atoms with E-state index in [9.17, 15) is 18.8 Å². The van der Waals surface area contributed by atoms with Crippen molar-refractivity contribution < 1.29 is 18.8 Å². The molecule has 1 spiro atoms. The Labute approximate surface area is 181 Å². The molecule has 2 aliphatic heterocycles. The number of imide groups is 1. The number of hydrogen-bond acceptors (Lipinski definition) is 3. The van der Waals surface area contributed by atoms with Crippen LogP contribution in [0.3, 0.4) is 0 Å². The number of urea groups is 1. The van der Waals surface area contributed by atoms with E-state index < -0.39 is 5.54 Å². The second-order valence-corrected chi connectivity index (χ2v) is 8.52. The molecule has 6 nitrogen and oxygen atoms in total. The molecule has 0 bridgehead atoms. The summed E-state index contributed by atoms with van der Waals surface area (Å²) in [5.41, 5.74) is 2.72. The minimum atomic E-state index is -0.954. The van der Waals surface area contributed by atoms with Crippen molar-refractivity contribution in [2.24, 2.45) is 0 Å². The minimum Gasteiger partial charge on any atom is -0.342 e. The summed E-state index contributed by atoms with van der Waals surface area (Å²) >= 11 is 0. The van der Waals surface area contributed by atoms with Gasteiger partial charge in [0.05, 0.1) is 13.0 Å². The molecular weight excluding hydrogens is 397 g/mol. The quantitative estimate of drug-likeness (QED) is 0.769. The number of nitrogens with zero attached hydrogens (tertiary/aromatic N) is 2. The van der Waals surface area contributed by atoms with Gasteiger partial charge in [0.2, 0.25) is 5.91 Å². The highest BCUT2D eigenvalue weighted by molar-refractivity contribution is 6.07. The average molecular weight is 423 g/mol. The van der Waals surface area contributed by atoms with Crippen molar-refractivity contribution >= 4 is 17.8 Å². The summed E-state index contributed by atoms with van der Waals surface area (Å²) in [5, 5.41) is 2.89. The van der Waals surface area contributed by atoms with Gasteiger partial charge in [-0.15, -0.1) is 0 Å². The second-order valence-electron chi connectivity index (χ2n) is 8.52. The van der Waals surface area contributed by atoms with Crippen LogP contribution in [0.25, 0.3) is 0 Å². The Balaban J connectivity index is 1.41. The number of nitrogens with one attached hydrogen (secondary N) is 1. The highest BCUT2D eigenvalue weighted by Crippen LogP contribution is 2.31. The molecule has 0 aliphatic carbocycles. The van der Waals surface area contributed by atoms with Crippen molar-refractivity contribution in [3.63, 3.8) is 0 Å². The normalized spacial score (nSPS) is 17.9. The number of hydrogen-bond donors (Lipinski definition) is 1. The summed E-state index contributed by atoms with van der Waals surface area (Å²) in [4.78, 5) is 41.4. The first-order chi connectivity index (χ1) is 14.8. The second kappa shape index (κ2) is 8.13. The Hall–Kier alpha value is -3.22. The largest absolute Gasteiger partial charge is 0.342 e. The third-order valence-corrected chi connectivity index (χ3v) is 6.29. The Morgan fingerprint density at radius 3 is 2.55 bits per heavy atom. The highest BCUT2D eigenvalue weighted by Gasteiger charge is 2.52. The molecule has 0 aromatic heterocycles. The molecule has 2 saturated heterocycles. The number of likely N-dealkylation sites (tertiary alicyclic amines) is 1. The van der Waals surface area contributed by atoms with Gasteiger partial charge in [-0.25, -0.2) is 9.18 Å². The molecule has 0 unspecified atom stereocenters. The molecule has 7 heteroatoms. The maximum Gasteiger partial charge on any atom is 0.325 e. The van der Waals surface area contributed by atoms with Crippen LogP contribution in [-0.4, -0.2) is 46.3 Å². The van der Waals surface area contributed by atoms with Gasteiger partial charge in [0.15, 0.2) is 0 Å². The van der Waals surface area contributed by atoms with Gasteiger partial charge in [-0.3, -0.25) is 14.5 Å². The molecule has 4 amide bonds. The number of benzene rings is 2. The average Bonchev–Trinajstić information content (AvgIpc) is 2.95. The summed E-state index contributed by atoms with van der Waals surface area (Å²) in [5.74, 6) is -0.703. The lowest BCUT2D eigenvalue weighted by atomic mass is 9.87. The number of carbonyl (C=O) groups excluding carboxylic acids is 3. The highest BCUT2D eigenvalue weighted by atomic mass is 19.1. The summed E-state index contributed by atoms with van der Waals surface area (Å²) in [6, 6.07) is 11.6. The molecule has 0 radical (unpaired) electrons. The van der Waals surface area contributed by atoms with E-state index in [0.717, 1.165) is 16.7 Å². The van der Waals surface area contributed by atoms with E-state index in [2.05, 4.69) is 5.32 Å². The molecule has 2 aromatic carbocycles. The number of piperidine rings is 1. The number of halogens is 1. The first-order valence-corrected chi connectivity index (χ1v) is 10.5. The van der Waals surface area contributed by atoms with Gasteiger partial charge in [-0.05, 0) is 55.5 Å². The predicted octanol–water partition coefficient (Wildman–Crippen LogP) is 3.10. The number of carbonyl (C=O) groups is 3. The van der Waals surface area contributed by atoms with Crippen molar-refractivity contribution in [3.05, 3.63) is 70.5 Å². The van der Waals surface area contributed by atoms with Crippen molar-refractivity contribution in [1.29, 1.82) is 0 Å². The summed E-state index contributed by atoms with van der Waals surface area (Å²) in [6.07, 6.45) is 0.857. The van der Waals surface area contributed by atoms with Crippen molar-refractivity contribution in [3.8, 4) is 0 Å². The summed E-state index contributed by atoms with van der Waals surface area (Å²) in [6.45, 7) is 4.93. The first kappa shape index (κ1) is 21.0. The standard InChI is InChI=1S/C24H26FN3O3/c1-16-6-7-17(2)19(12-16)15-28-22(30)24(26-23(28)31)8-10-27(11-9-24)21(29)14-18-4-3-5-20(25)13-18/h3-7,12-13H,8-11,14-15H2,1-2H3,(H,26,31). The lowest BCUT2D eigenvalue weighted by molar-refractivity contribution is -0.138. The van der Waals surface area contributed by atoms with Crippen LogP contribution in [0.15, 0.2) is 42.5 Å². The van der Waals surface area contributed by atoms with E-state index >= 15 is 0 Å². The Bertz CT molecular complexity index is 1040. The molecule has 31 heavy (non-hydrogen) atoms. The van der Waals surface area contributed by atoms with Crippen LogP contribution in [0, 0.1) is 19.7 Å². The Kier molecular flexibility index (Phi) is 5.52. The van der Waals surface area contributed by atoms with Crippen LogP contribution in [0.4, 0.5) is 9.18 Å². The minimum absolute atomic E-state index is 0.107. The molecule has 2 fully saturated rings. The van der Waals surface area contributed by atoms with Gasteiger partial charge in [-0.2, -0.15) is 0 Å². The van der Waals surface area contributed by atoms with Gasteiger partial charge >= 0.3 is 6.03 Å². The maximum absolute atomic E-state index is 13.4. The van der Waals surface area contributed by atoms with Gasteiger partial charge < -0.3 is 10.2 Å². The predicted molar refractivity (Wildman–Crippen MR) is 114 cm³/mol. The number of rotatable bonds is 4. The van der Waals surface area contributed by atoms with E-state index in [1.54, 1.807) is 17.0 Å². The van der Waals surface area contributed by atoms with Gasteiger partial charge in [-0.1, -0.05) is 35.9 Å². The SMILES string of the molecule is Cc1ccc(C)c(CN2C(=O)NC3(CCN(C(=O)Cc4cccc(F)c4)CC3)C2=O)c1. The van der Waals surface area contributed by atoms with E-state index in [4.69, 9.17) is 0 Å². The van der Waals surface area contributed by atoms with E-state index in [0.29, 0.717) is 31.5 Å². The molecular formula is C24H26FN3O3. The van der Waals surface area contributed by atoms with Crippen molar-refractivity contribution in [2.75, 3.05) is 13.1 Å². The first-order valence-electron chi connectivity index (χ1n) is 10.5. The molecule has 0 atom stereocenters. The Morgan fingerprint density at radius 2 is 1.84 bits per heavy atom. The fraction of sp³-hybridized carbons (Fsp3) is 0.375. The van der Waals surface area contributed by atoms with Crippen LogP contribution in [0.1, 0.15) is 35.1 Å². The number of aryl methyl sites for hydroxylation is 2. The van der Waals surface area contributed by atoms with Crippen LogP contribution < -0.4 is 5.32 Å². The van der Waals surface area contributed by atoms with E-state index in [1.165, 1.54) is 17.0 Å². The van der Waals surface area contributed by atoms with Crippen LogP contribution in [0.5, 0.6) is 0 Å². The fourth-order valence-electron chi connectivity index (χ4n) is 4.37. The molecule has 2 aliphatic rings.